The van der Waals surface area contributed by atoms with Gasteiger partial charge in [0.15, 0.2) is 0 Å². The molecule has 20 heavy (non-hydrogen) atoms. The fourth-order valence-electron chi connectivity index (χ4n) is 2.41. The van der Waals surface area contributed by atoms with Crippen LogP contribution in [0.4, 0.5) is 0 Å². The molecule has 1 heterocycles. The maximum absolute atomic E-state index is 12.5. The molecule has 5 nitrogen and oxygen atoms in total. The van der Waals surface area contributed by atoms with E-state index in [-0.39, 0.29) is 11.9 Å². The number of carbonyl (C=O) groups is 2. The minimum atomic E-state index is -0.503. The standard InChI is InChI=1S/C15H16N2O3/c1-20-15(19)13-4-2-3-9-17(13)14(18)12-7-5-11(10-16)6-8-12/h5-8,13H,2-4,9H2,1H3. The molecule has 0 aliphatic carbocycles. The van der Waals surface area contributed by atoms with E-state index < -0.39 is 6.04 Å². The number of rotatable bonds is 2. The summed E-state index contributed by atoms with van der Waals surface area (Å²) in [6, 6.07) is 7.94. The molecule has 1 aromatic carbocycles. The molecule has 0 spiro atoms. The average molecular weight is 272 g/mol. The second-order valence-electron chi connectivity index (χ2n) is 4.72. The highest BCUT2D eigenvalue weighted by Gasteiger charge is 2.33. The van der Waals surface area contributed by atoms with Crippen LogP contribution in [0.2, 0.25) is 0 Å². The van der Waals surface area contributed by atoms with Gasteiger partial charge in [0.2, 0.25) is 0 Å². The van der Waals surface area contributed by atoms with Crippen LogP contribution >= 0.6 is 0 Å². The van der Waals surface area contributed by atoms with E-state index in [2.05, 4.69) is 0 Å². The molecule has 104 valence electrons. The van der Waals surface area contributed by atoms with Gasteiger partial charge in [0.25, 0.3) is 5.91 Å². The Bertz CT molecular complexity index is 545. The molecule has 0 saturated carbocycles. The number of carbonyl (C=O) groups excluding carboxylic acids is 2. The Morgan fingerprint density at radius 1 is 1.30 bits per heavy atom. The van der Waals surface area contributed by atoms with Crippen molar-refractivity contribution in [3.63, 3.8) is 0 Å². The van der Waals surface area contributed by atoms with Crippen LogP contribution in [0.1, 0.15) is 35.2 Å². The Kier molecular flexibility index (Phi) is 4.36. The van der Waals surface area contributed by atoms with Crippen molar-refractivity contribution in [2.45, 2.75) is 25.3 Å². The maximum atomic E-state index is 12.5. The van der Waals surface area contributed by atoms with E-state index in [1.54, 1.807) is 29.2 Å². The van der Waals surface area contributed by atoms with Gasteiger partial charge in [-0.2, -0.15) is 5.26 Å². The van der Waals surface area contributed by atoms with Crippen molar-refractivity contribution in [3.05, 3.63) is 35.4 Å². The first kappa shape index (κ1) is 14.1. The van der Waals surface area contributed by atoms with Gasteiger partial charge in [0.1, 0.15) is 6.04 Å². The van der Waals surface area contributed by atoms with Crippen molar-refractivity contribution < 1.29 is 14.3 Å². The number of benzene rings is 1. The molecule has 1 amide bonds. The molecule has 0 radical (unpaired) electrons. The summed E-state index contributed by atoms with van der Waals surface area (Å²) in [6.45, 7) is 0.554. The molecule has 1 fully saturated rings. The second-order valence-corrected chi connectivity index (χ2v) is 4.72. The molecule has 1 saturated heterocycles. The largest absolute Gasteiger partial charge is 0.467 e. The first-order valence-corrected chi connectivity index (χ1v) is 6.56. The number of amides is 1. The molecule has 1 unspecified atom stereocenters. The summed E-state index contributed by atoms with van der Waals surface area (Å²) in [5.74, 6) is -0.559. The summed E-state index contributed by atoms with van der Waals surface area (Å²) in [4.78, 5) is 25.8. The number of piperidine rings is 1. The molecule has 0 N–H and O–H groups in total. The van der Waals surface area contributed by atoms with Crippen LogP contribution in [-0.4, -0.2) is 36.5 Å². The van der Waals surface area contributed by atoms with Crippen LogP contribution in [0, 0.1) is 11.3 Å². The lowest BCUT2D eigenvalue weighted by Crippen LogP contribution is -2.48. The third-order valence-corrected chi connectivity index (χ3v) is 3.50. The lowest BCUT2D eigenvalue weighted by Gasteiger charge is -2.33. The molecule has 1 aliphatic rings. The van der Waals surface area contributed by atoms with Crippen molar-refractivity contribution in [1.29, 1.82) is 5.26 Å². The molecule has 1 aromatic rings. The fourth-order valence-corrected chi connectivity index (χ4v) is 2.41. The lowest BCUT2D eigenvalue weighted by molar-refractivity contribution is -0.147. The SMILES string of the molecule is COC(=O)C1CCCCN1C(=O)c1ccc(C#N)cc1. The molecular formula is C15H16N2O3. The van der Waals surface area contributed by atoms with E-state index in [1.165, 1.54) is 7.11 Å². The predicted molar refractivity (Wildman–Crippen MR) is 71.8 cm³/mol. The van der Waals surface area contributed by atoms with Crippen LogP contribution in [0.25, 0.3) is 0 Å². The van der Waals surface area contributed by atoms with Gasteiger partial charge in [-0.15, -0.1) is 0 Å². The average Bonchev–Trinajstić information content (AvgIpc) is 2.53. The van der Waals surface area contributed by atoms with Gasteiger partial charge < -0.3 is 9.64 Å². The van der Waals surface area contributed by atoms with Gasteiger partial charge in [0, 0.05) is 12.1 Å². The Morgan fingerprint density at radius 2 is 2.00 bits per heavy atom. The number of ether oxygens (including phenoxy) is 1. The summed E-state index contributed by atoms with van der Waals surface area (Å²) in [7, 11) is 1.33. The summed E-state index contributed by atoms with van der Waals surface area (Å²) in [6.07, 6.45) is 2.43. The minimum absolute atomic E-state index is 0.190. The number of nitrogens with zero attached hydrogens (tertiary/aromatic N) is 2. The summed E-state index contributed by atoms with van der Waals surface area (Å²) < 4.78 is 4.77. The fraction of sp³-hybridized carbons (Fsp3) is 0.400. The number of hydrogen-bond acceptors (Lipinski definition) is 4. The zero-order valence-corrected chi connectivity index (χ0v) is 11.3. The number of nitriles is 1. The third kappa shape index (κ3) is 2.80. The Balaban J connectivity index is 2.20. The van der Waals surface area contributed by atoms with E-state index >= 15 is 0 Å². The Hall–Kier alpha value is -2.35. The number of hydrogen-bond donors (Lipinski definition) is 0. The second kappa shape index (κ2) is 6.20. The van der Waals surface area contributed by atoms with Crippen molar-refractivity contribution >= 4 is 11.9 Å². The molecule has 1 aliphatic heterocycles. The molecule has 1 atom stereocenters. The van der Waals surface area contributed by atoms with Crippen LogP contribution in [0.5, 0.6) is 0 Å². The topological polar surface area (TPSA) is 70.4 Å². The van der Waals surface area contributed by atoms with E-state index in [0.717, 1.165) is 12.8 Å². The maximum Gasteiger partial charge on any atom is 0.328 e. The Morgan fingerprint density at radius 3 is 2.60 bits per heavy atom. The highest BCUT2D eigenvalue weighted by Crippen LogP contribution is 2.20. The summed E-state index contributed by atoms with van der Waals surface area (Å²) >= 11 is 0. The summed E-state index contributed by atoms with van der Waals surface area (Å²) in [5.41, 5.74) is 0.990. The molecule has 0 bridgehead atoms. The van der Waals surface area contributed by atoms with Crippen molar-refractivity contribution in [1.82, 2.24) is 4.90 Å². The zero-order valence-electron chi connectivity index (χ0n) is 11.3. The van der Waals surface area contributed by atoms with Crippen molar-refractivity contribution in [3.8, 4) is 6.07 Å². The van der Waals surface area contributed by atoms with Crippen LogP contribution in [-0.2, 0) is 9.53 Å². The highest BCUT2D eigenvalue weighted by molar-refractivity contribution is 5.97. The number of methoxy groups -OCH3 is 1. The first-order valence-electron chi connectivity index (χ1n) is 6.56. The van der Waals surface area contributed by atoms with E-state index in [4.69, 9.17) is 10.00 Å². The van der Waals surface area contributed by atoms with Gasteiger partial charge in [-0.25, -0.2) is 4.79 Å². The predicted octanol–water partition coefficient (Wildman–Crippen LogP) is 1.73. The summed E-state index contributed by atoms with van der Waals surface area (Å²) in [5, 5.41) is 8.76. The normalized spacial score (nSPS) is 18.2. The van der Waals surface area contributed by atoms with Crippen LogP contribution in [0.15, 0.2) is 24.3 Å². The molecule has 0 aromatic heterocycles. The lowest BCUT2D eigenvalue weighted by atomic mass is 10.0. The van der Waals surface area contributed by atoms with E-state index in [1.807, 2.05) is 6.07 Å². The van der Waals surface area contributed by atoms with Gasteiger partial charge in [0.05, 0.1) is 18.7 Å². The number of esters is 1. The highest BCUT2D eigenvalue weighted by atomic mass is 16.5. The quantitative estimate of drug-likeness (QED) is 0.769. The van der Waals surface area contributed by atoms with Crippen LogP contribution < -0.4 is 0 Å². The van der Waals surface area contributed by atoms with Gasteiger partial charge in [-0.05, 0) is 43.5 Å². The molecule has 2 rings (SSSR count). The van der Waals surface area contributed by atoms with E-state index in [0.29, 0.717) is 24.1 Å². The number of likely N-dealkylation sites (tertiary alicyclic amines) is 1. The van der Waals surface area contributed by atoms with Gasteiger partial charge in [-0.1, -0.05) is 0 Å². The molecular weight excluding hydrogens is 256 g/mol. The monoisotopic (exact) mass is 272 g/mol. The van der Waals surface area contributed by atoms with Gasteiger partial charge in [-0.3, -0.25) is 4.79 Å². The molecule has 5 heteroatoms. The zero-order chi connectivity index (χ0) is 14.5. The van der Waals surface area contributed by atoms with Crippen molar-refractivity contribution in [2.75, 3.05) is 13.7 Å². The van der Waals surface area contributed by atoms with Gasteiger partial charge >= 0.3 is 5.97 Å². The van der Waals surface area contributed by atoms with E-state index in [9.17, 15) is 9.59 Å². The van der Waals surface area contributed by atoms with Crippen molar-refractivity contribution in [2.24, 2.45) is 0 Å². The Labute approximate surface area is 117 Å². The third-order valence-electron chi connectivity index (χ3n) is 3.50. The first-order chi connectivity index (χ1) is 9.67. The van der Waals surface area contributed by atoms with Crippen LogP contribution in [0.3, 0.4) is 0 Å². The smallest absolute Gasteiger partial charge is 0.328 e. The minimum Gasteiger partial charge on any atom is -0.467 e.